The molecule has 3 aliphatic carbocycles. The topological polar surface area (TPSA) is 32.3 Å². The summed E-state index contributed by atoms with van der Waals surface area (Å²) in [5, 5.41) is 2.24. The molecule has 1 N–H and O–H groups in total. The third kappa shape index (κ3) is 4.05. The second-order valence-corrected chi connectivity index (χ2v) is 9.25. The molecule has 0 spiro atoms. The van der Waals surface area contributed by atoms with Crippen molar-refractivity contribution in [3.05, 3.63) is 34.6 Å². The summed E-state index contributed by atoms with van der Waals surface area (Å²) in [4.78, 5) is 14.2. The van der Waals surface area contributed by atoms with Gasteiger partial charge in [-0.1, -0.05) is 26.7 Å². The van der Waals surface area contributed by atoms with Crippen molar-refractivity contribution in [2.45, 2.75) is 46.1 Å². The Morgan fingerprint density at radius 2 is 1.68 bits per heavy atom. The van der Waals surface area contributed by atoms with Gasteiger partial charge >= 0.3 is 0 Å². The van der Waals surface area contributed by atoms with Crippen molar-refractivity contribution in [2.24, 2.45) is 23.2 Å². The van der Waals surface area contributed by atoms with Crippen LogP contribution in [0.25, 0.3) is 0 Å². The molecule has 0 radical (unpaired) electrons. The van der Waals surface area contributed by atoms with Gasteiger partial charge in [0.2, 0.25) is 5.82 Å². The molecular weight excluding hydrogens is 415 g/mol. The van der Waals surface area contributed by atoms with E-state index in [2.05, 4.69) is 36.9 Å². The van der Waals surface area contributed by atoms with Gasteiger partial charge in [0.25, 0.3) is 5.91 Å². The Hall–Kier alpha value is -2.14. The van der Waals surface area contributed by atoms with Gasteiger partial charge in [0.15, 0.2) is 23.3 Å². The molecule has 4 rings (SSSR count). The van der Waals surface area contributed by atoms with Gasteiger partial charge in [-0.05, 0) is 42.4 Å². The fourth-order valence-electron chi connectivity index (χ4n) is 5.46. The number of hydrogen-bond acceptors (Lipinski definition) is 2. The smallest absolute Gasteiger partial charge is 0.257 e. The monoisotopic (exact) mass is 442 g/mol. The maximum absolute atomic E-state index is 13.8. The van der Waals surface area contributed by atoms with Crippen molar-refractivity contribution in [1.29, 1.82) is 0 Å². The normalized spacial score (nSPS) is 26.3. The molecule has 2 bridgehead atoms. The zero-order valence-electron chi connectivity index (χ0n) is 17.9. The van der Waals surface area contributed by atoms with Crippen molar-refractivity contribution in [2.75, 3.05) is 19.6 Å². The standard InChI is InChI=1S/C23H27F5N2O/c1-5-8-30(15-11-13-10-14(12(15)2)23(13,3)4)9-6-7-29-22(31)16-17(24)19(26)21(28)20(27)18(16)25/h1,12-15H,6-11H2,2-4H3,(H,29,31)/t12-,13+,14-,15-/m1/s1. The quantitative estimate of drug-likeness (QED) is 0.222. The molecule has 0 saturated heterocycles. The van der Waals surface area contributed by atoms with E-state index < -0.39 is 40.6 Å². The Bertz CT molecular complexity index is 881. The Balaban J connectivity index is 1.58. The van der Waals surface area contributed by atoms with E-state index >= 15 is 0 Å². The lowest BCUT2D eigenvalue weighted by Gasteiger charge is -2.63. The van der Waals surface area contributed by atoms with Crippen molar-refractivity contribution < 1.29 is 26.7 Å². The minimum atomic E-state index is -2.29. The summed E-state index contributed by atoms with van der Waals surface area (Å²) < 4.78 is 67.3. The highest BCUT2D eigenvalue weighted by molar-refractivity contribution is 5.94. The molecule has 0 aromatic heterocycles. The van der Waals surface area contributed by atoms with E-state index in [1.165, 1.54) is 6.42 Å². The van der Waals surface area contributed by atoms with Gasteiger partial charge in [-0.15, -0.1) is 6.42 Å². The second kappa shape index (κ2) is 8.78. The van der Waals surface area contributed by atoms with Crippen LogP contribution < -0.4 is 5.32 Å². The second-order valence-electron chi connectivity index (χ2n) is 9.25. The zero-order valence-corrected chi connectivity index (χ0v) is 17.9. The van der Waals surface area contributed by atoms with Gasteiger partial charge in [0, 0.05) is 19.1 Å². The highest BCUT2D eigenvalue weighted by Crippen LogP contribution is 2.61. The molecule has 170 valence electrons. The van der Waals surface area contributed by atoms with E-state index in [4.69, 9.17) is 6.42 Å². The Labute approximate surface area is 179 Å². The van der Waals surface area contributed by atoms with Gasteiger partial charge in [0.1, 0.15) is 5.56 Å². The number of fused-ring (bicyclic) bond motifs is 2. The third-order valence-corrected chi connectivity index (χ3v) is 7.42. The van der Waals surface area contributed by atoms with Crippen LogP contribution in [-0.2, 0) is 0 Å². The van der Waals surface area contributed by atoms with Gasteiger partial charge < -0.3 is 5.32 Å². The molecule has 3 aliphatic rings. The van der Waals surface area contributed by atoms with E-state index in [1.54, 1.807) is 0 Å². The minimum Gasteiger partial charge on any atom is -0.352 e. The number of benzene rings is 1. The summed E-state index contributed by atoms with van der Waals surface area (Å²) >= 11 is 0. The number of nitrogens with zero attached hydrogens (tertiary/aromatic N) is 1. The highest BCUT2D eigenvalue weighted by Gasteiger charge is 2.56. The van der Waals surface area contributed by atoms with Gasteiger partial charge in [-0.3, -0.25) is 9.69 Å². The first-order chi connectivity index (χ1) is 14.5. The summed E-state index contributed by atoms with van der Waals surface area (Å²) in [7, 11) is 0. The summed E-state index contributed by atoms with van der Waals surface area (Å²) in [6, 6.07) is 0.318. The van der Waals surface area contributed by atoms with Crippen LogP contribution in [0.5, 0.6) is 0 Å². The van der Waals surface area contributed by atoms with Gasteiger partial charge in [-0.25, -0.2) is 22.0 Å². The molecule has 3 fully saturated rings. The summed E-state index contributed by atoms with van der Waals surface area (Å²) in [6.45, 7) is 7.86. The number of amides is 1. The Morgan fingerprint density at radius 1 is 1.10 bits per heavy atom. The van der Waals surface area contributed by atoms with Crippen LogP contribution in [0.4, 0.5) is 22.0 Å². The van der Waals surface area contributed by atoms with E-state index in [9.17, 15) is 26.7 Å². The number of nitrogens with one attached hydrogen (secondary N) is 1. The molecule has 0 heterocycles. The number of terminal acetylenes is 1. The summed E-state index contributed by atoms with van der Waals surface area (Å²) in [5.74, 6) is -7.78. The molecule has 0 unspecified atom stereocenters. The maximum Gasteiger partial charge on any atom is 0.257 e. The van der Waals surface area contributed by atoms with Crippen LogP contribution >= 0.6 is 0 Å². The van der Waals surface area contributed by atoms with Crippen LogP contribution in [0.2, 0.25) is 0 Å². The van der Waals surface area contributed by atoms with Crippen LogP contribution in [0.3, 0.4) is 0 Å². The first-order valence-corrected chi connectivity index (χ1v) is 10.5. The van der Waals surface area contributed by atoms with E-state index in [0.717, 1.165) is 6.42 Å². The number of carbonyl (C=O) groups is 1. The fraction of sp³-hybridized carbons (Fsp3) is 0.609. The van der Waals surface area contributed by atoms with Crippen molar-refractivity contribution in [3.63, 3.8) is 0 Å². The largest absolute Gasteiger partial charge is 0.352 e. The van der Waals surface area contributed by atoms with E-state index in [0.29, 0.717) is 48.7 Å². The predicted octanol–water partition coefficient (Wildman–Crippen LogP) is 4.51. The zero-order chi connectivity index (χ0) is 23.1. The molecule has 1 aromatic carbocycles. The highest BCUT2D eigenvalue weighted by atomic mass is 19.2. The first-order valence-electron chi connectivity index (χ1n) is 10.5. The van der Waals surface area contributed by atoms with Gasteiger partial charge in [0.05, 0.1) is 6.54 Å². The van der Waals surface area contributed by atoms with Crippen LogP contribution in [0.1, 0.15) is 50.4 Å². The van der Waals surface area contributed by atoms with Crippen molar-refractivity contribution in [1.82, 2.24) is 10.2 Å². The average Bonchev–Trinajstić information content (AvgIpc) is 2.73. The average molecular weight is 442 g/mol. The molecule has 4 atom stereocenters. The van der Waals surface area contributed by atoms with Crippen LogP contribution in [0, 0.1) is 64.6 Å². The van der Waals surface area contributed by atoms with Crippen molar-refractivity contribution >= 4 is 5.91 Å². The molecule has 1 amide bonds. The molecule has 31 heavy (non-hydrogen) atoms. The Morgan fingerprint density at radius 3 is 2.19 bits per heavy atom. The fourth-order valence-corrected chi connectivity index (χ4v) is 5.46. The summed E-state index contributed by atoms with van der Waals surface area (Å²) in [5.41, 5.74) is -1.14. The van der Waals surface area contributed by atoms with Crippen LogP contribution in [-0.4, -0.2) is 36.5 Å². The number of carbonyl (C=O) groups excluding carboxylic acids is 1. The molecule has 8 heteroatoms. The first kappa shape index (κ1) is 23.5. The SMILES string of the molecule is C#CCN(CCCNC(=O)c1c(F)c(F)c(F)c(F)c1F)[C@@H]1C[C@@H]2C[C@H]([C@H]1C)C2(C)C. The third-order valence-electron chi connectivity index (χ3n) is 7.42. The minimum absolute atomic E-state index is 0.0127. The van der Waals surface area contributed by atoms with E-state index in [-0.39, 0.29) is 6.54 Å². The number of rotatable bonds is 7. The predicted molar refractivity (Wildman–Crippen MR) is 107 cm³/mol. The lowest BCUT2D eigenvalue weighted by molar-refractivity contribution is -0.137. The molecular formula is C23H27F5N2O. The maximum atomic E-state index is 13.8. The molecule has 3 nitrogen and oxygen atoms in total. The summed E-state index contributed by atoms with van der Waals surface area (Å²) in [6.07, 6.45) is 8.23. The van der Waals surface area contributed by atoms with E-state index in [1.807, 2.05) is 0 Å². The Kier molecular flexibility index (Phi) is 6.66. The molecule has 1 aromatic rings. The van der Waals surface area contributed by atoms with Crippen LogP contribution in [0.15, 0.2) is 0 Å². The molecule has 3 saturated carbocycles. The van der Waals surface area contributed by atoms with Crippen molar-refractivity contribution in [3.8, 4) is 12.3 Å². The lowest BCUT2D eigenvalue weighted by atomic mass is 9.44. The number of hydrogen-bond donors (Lipinski definition) is 1. The van der Waals surface area contributed by atoms with Gasteiger partial charge in [-0.2, -0.15) is 0 Å². The number of halogens is 5. The lowest BCUT2D eigenvalue weighted by Crippen LogP contribution is -2.60. The molecule has 0 aliphatic heterocycles.